The lowest BCUT2D eigenvalue weighted by Crippen LogP contribution is -2.31. The first-order chi connectivity index (χ1) is 16.5. The van der Waals surface area contributed by atoms with Crippen LogP contribution in [0, 0.1) is 6.92 Å². The van der Waals surface area contributed by atoms with Gasteiger partial charge in [-0.05, 0) is 49.7 Å². The van der Waals surface area contributed by atoms with Crippen LogP contribution in [0.5, 0.6) is 17.2 Å². The van der Waals surface area contributed by atoms with E-state index in [1.54, 1.807) is 37.6 Å². The minimum absolute atomic E-state index is 0.204. The summed E-state index contributed by atoms with van der Waals surface area (Å²) in [7, 11) is 1.61. The van der Waals surface area contributed by atoms with Gasteiger partial charge in [-0.2, -0.15) is 0 Å². The van der Waals surface area contributed by atoms with Crippen molar-refractivity contribution in [1.29, 1.82) is 0 Å². The van der Waals surface area contributed by atoms with Crippen molar-refractivity contribution in [3.8, 4) is 17.2 Å². The summed E-state index contributed by atoms with van der Waals surface area (Å²) in [4.78, 5) is 38.5. The van der Waals surface area contributed by atoms with Crippen molar-refractivity contribution in [2.45, 2.75) is 19.9 Å². The van der Waals surface area contributed by atoms with E-state index in [9.17, 15) is 14.4 Å². The van der Waals surface area contributed by atoms with Crippen LogP contribution in [-0.4, -0.2) is 48.1 Å². The van der Waals surface area contributed by atoms with Gasteiger partial charge in [0.05, 0.1) is 37.1 Å². The van der Waals surface area contributed by atoms with Gasteiger partial charge in [-0.1, -0.05) is 12.1 Å². The zero-order valence-electron chi connectivity index (χ0n) is 19.2. The third-order valence-corrected chi connectivity index (χ3v) is 5.70. The van der Waals surface area contributed by atoms with E-state index < -0.39 is 0 Å². The predicted molar refractivity (Wildman–Crippen MR) is 126 cm³/mol. The van der Waals surface area contributed by atoms with E-state index in [4.69, 9.17) is 14.2 Å². The molecule has 3 aromatic rings. The molecule has 0 radical (unpaired) electrons. The van der Waals surface area contributed by atoms with Crippen LogP contribution in [0.1, 0.15) is 32.8 Å². The molecule has 1 aliphatic rings. The average Bonchev–Trinajstić information content (AvgIpc) is 3.10. The van der Waals surface area contributed by atoms with Gasteiger partial charge >= 0.3 is 0 Å². The zero-order valence-corrected chi connectivity index (χ0v) is 19.2. The van der Waals surface area contributed by atoms with Crippen molar-refractivity contribution < 1.29 is 23.8 Å². The normalized spacial score (nSPS) is 12.6. The van der Waals surface area contributed by atoms with Crippen LogP contribution >= 0.6 is 0 Å². The Balaban J connectivity index is 1.30. The number of fused-ring (bicyclic) bond motifs is 1. The van der Waals surface area contributed by atoms with Gasteiger partial charge in [-0.3, -0.25) is 19.3 Å². The summed E-state index contributed by atoms with van der Waals surface area (Å²) in [5.74, 6) is 1.15. The number of amides is 2. The molecule has 0 bridgehead atoms. The fourth-order valence-electron chi connectivity index (χ4n) is 3.84. The third kappa shape index (κ3) is 4.80. The van der Waals surface area contributed by atoms with Gasteiger partial charge in [0.15, 0.2) is 5.75 Å². The molecule has 1 aliphatic heterocycles. The van der Waals surface area contributed by atoms with Crippen LogP contribution in [0.2, 0.25) is 0 Å². The highest BCUT2D eigenvalue weighted by molar-refractivity contribution is 6.21. The summed E-state index contributed by atoms with van der Waals surface area (Å²) in [5, 5.41) is 0. The summed E-state index contributed by atoms with van der Waals surface area (Å²) in [5.41, 5.74) is 1.32. The van der Waals surface area contributed by atoms with E-state index in [-0.39, 0.29) is 36.1 Å². The molecule has 0 N–H and O–H groups in total. The summed E-state index contributed by atoms with van der Waals surface area (Å²) < 4.78 is 18.6. The molecule has 4 rings (SSSR count). The minimum atomic E-state index is -0.296. The topological polar surface area (TPSA) is 87.1 Å². The molecular weight excluding hydrogens is 436 g/mol. The number of carbonyl (C=O) groups excluding carboxylic acids is 2. The first kappa shape index (κ1) is 23.1. The molecule has 1 aromatic heterocycles. The number of aromatic nitrogens is 1. The van der Waals surface area contributed by atoms with Crippen molar-refractivity contribution in [3.63, 3.8) is 0 Å². The number of nitrogens with zero attached hydrogens (tertiary/aromatic N) is 2. The Hall–Kier alpha value is -4.07. The van der Waals surface area contributed by atoms with Crippen molar-refractivity contribution in [3.05, 3.63) is 87.8 Å². The van der Waals surface area contributed by atoms with Crippen LogP contribution in [0.3, 0.4) is 0 Å². The van der Waals surface area contributed by atoms with E-state index in [1.807, 2.05) is 35.8 Å². The number of methoxy groups -OCH3 is 1. The number of ether oxygens (including phenoxy) is 3. The molecule has 2 heterocycles. The molecule has 8 nitrogen and oxygen atoms in total. The fraction of sp³-hybridized carbons (Fsp3) is 0.269. The molecule has 2 amide bonds. The number of hydrogen-bond acceptors (Lipinski definition) is 6. The van der Waals surface area contributed by atoms with Crippen molar-refractivity contribution in [2.24, 2.45) is 0 Å². The largest absolute Gasteiger partial charge is 0.497 e. The van der Waals surface area contributed by atoms with Crippen molar-refractivity contribution in [2.75, 3.05) is 26.9 Å². The number of imide groups is 1. The van der Waals surface area contributed by atoms with Crippen LogP contribution < -0.4 is 19.6 Å². The third-order valence-electron chi connectivity index (χ3n) is 5.70. The lowest BCUT2D eigenvalue weighted by Gasteiger charge is -2.17. The van der Waals surface area contributed by atoms with E-state index in [2.05, 4.69) is 0 Å². The van der Waals surface area contributed by atoms with Crippen molar-refractivity contribution in [1.82, 2.24) is 9.47 Å². The Labute approximate surface area is 197 Å². The highest BCUT2D eigenvalue weighted by Crippen LogP contribution is 2.22. The molecule has 0 saturated heterocycles. The Morgan fingerprint density at radius 2 is 1.41 bits per heavy atom. The standard InChI is InChI=1S/C26H26N2O6/c1-18-24(34-16-5-13-28-25(30)21-6-3-4-7-22(21)26(28)31)23(29)12-14-27(18)15-17-33-20-10-8-19(32-2)9-11-20/h3-4,6-12,14H,5,13,15-17H2,1-2H3. The quantitative estimate of drug-likeness (QED) is 0.339. The van der Waals surface area contributed by atoms with Crippen LogP contribution in [-0.2, 0) is 6.54 Å². The molecule has 0 spiro atoms. The SMILES string of the molecule is COc1ccc(OCCn2ccc(=O)c(OCCCN3C(=O)c4ccccc4C3=O)c2C)cc1. The van der Waals surface area contributed by atoms with Crippen LogP contribution in [0.15, 0.2) is 65.6 Å². The molecule has 0 atom stereocenters. The maximum Gasteiger partial charge on any atom is 0.261 e. The Bertz CT molecular complexity index is 1210. The predicted octanol–water partition coefficient (Wildman–Crippen LogP) is 3.31. The number of rotatable bonds is 10. The Morgan fingerprint density at radius 1 is 0.765 bits per heavy atom. The van der Waals surface area contributed by atoms with Gasteiger partial charge in [0.25, 0.3) is 11.8 Å². The Kier molecular flexibility index (Phi) is 6.96. The van der Waals surface area contributed by atoms with Gasteiger partial charge in [-0.15, -0.1) is 0 Å². The lowest BCUT2D eigenvalue weighted by molar-refractivity contribution is 0.0646. The summed E-state index contributed by atoms with van der Waals surface area (Å²) in [6.07, 6.45) is 2.13. The molecule has 0 aliphatic carbocycles. The van der Waals surface area contributed by atoms with Gasteiger partial charge < -0.3 is 18.8 Å². The van der Waals surface area contributed by atoms with Crippen LogP contribution in [0.25, 0.3) is 0 Å². The first-order valence-corrected chi connectivity index (χ1v) is 11.0. The zero-order chi connectivity index (χ0) is 24.1. The van der Waals surface area contributed by atoms with Gasteiger partial charge in [0.1, 0.15) is 18.1 Å². The molecule has 0 saturated carbocycles. The summed E-state index contributed by atoms with van der Waals surface area (Å²) >= 11 is 0. The number of benzene rings is 2. The van der Waals surface area contributed by atoms with E-state index in [0.29, 0.717) is 36.4 Å². The number of pyridine rings is 1. The molecule has 2 aromatic carbocycles. The highest BCUT2D eigenvalue weighted by Gasteiger charge is 2.34. The summed E-state index contributed by atoms with van der Waals surface area (Å²) in [6.45, 7) is 3.19. The van der Waals surface area contributed by atoms with Gasteiger partial charge in [-0.25, -0.2) is 0 Å². The van der Waals surface area contributed by atoms with Crippen LogP contribution in [0.4, 0.5) is 0 Å². The van der Waals surface area contributed by atoms with Gasteiger partial charge in [0, 0.05) is 18.8 Å². The molecule has 176 valence electrons. The first-order valence-electron chi connectivity index (χ1n) is 11.0. The number of hydrogen-bond donors (Lipinski definition) is 0. The second kappa shape index (κ2) is 10.2. The molecular formula is C26H26N2O6. The van der Waals surface area contributed by atoms with E-state index in [0.717, 1.165) is 11.5 Å². The van der Waals surface area contributed by atoms with E-state index in [1.165, 1.54) is 11.0 Å². The monoisotopic (exact) mass is 462 g/mol. The maximum absolute atomic E-state index is 12.5. The molecule has 0 unspecified atom stereocenters. The minimum Gasteiger partial charge on any atom is -0.497 e. The lowest BCUT2D eigenvalue weighted by atomic mass is 10.1. The molecule has 0 fully saturated rings. The highest BCUT2D eigenvalue weighted by atomic mass is 16.5. The van der Waals surface area contributed by atoms with Crippen molar-refractivity contribution >= 4 is 11.8 Å². The smallest absolute Gasteiger partial charge is 0.261 e. The second-order valence-corrected chi connectivity index (χ2v) is 7.82. The average molecular weight is 463 g/mol. The molecule has 34 heavy (non-hydrogen) atoms. The summed E-state index contributed by atoms with van der Waals surface area (Å²) in [6, 6.07) is 15.6. The fourth-order valence-corrected chi connectivity index (χ4v) is 3.84. The Morgan fingerprint density at radius 3 is 2.06 bits per heavy atom. The van der Waals surface area contributed by atoms with E-state index >= 15 is 0 Å². The molecule has 8 heteroatoms. The van der Waals surface area contributed by atoms with Gasteiger partial charge in [0.2, 0.25) is 5.43 Å². The second-order valence-electron chi connectivity index (χ2n) is 7.82. The maximum atomic E-state index is 12.5. The number of carbonyl (C=O) groups is 2.